The van der Waals surface area contributed by atoms with E-state index in [1.54, 1.807) is 48.5 Å². The summed E-state index contributed by atoms with van der Waals surface area (Å²) < 4.78 is 26.7. The van der Waals surface area contributed by atoms with Crippen LogP contribution in [0.25, 0.3) is 0 Å². The summed E-state index contributed by atoms with van der Waals surface area (Å²) in [5.41, 5.74) is 0.497. The molecule has 0 radical (unpaired) electrons. The zero-order valence-corrected chi connectivity index (χ0v) is 16.8. The smallest absolute Gasteiger partial charge is 0.243 e. The second kappa shape index (κ2) is 8.58. The monoisotopic (exact) mass is 427 g/mol. The van der Waals surface area contributed by atoms with E-state index in [-0.39, 0.29) is 17.3 Å². The van der Waals surface area contributed by atoms with Crippen LogP contribution >= 0.6 is 23.2 Å². The Morgan fingerprint density at radius 3 is 2.30 bits per heavy atom. The summed E-state index contributed by atoms with van der Waals surface area (Å²) in [6.07, 6.45) is 0. The molecule has 1 saturated heterocycles. The van der Waals surface area contributed by atoms with E-state index in [0.717, 1.165) is 0 Å². The van der Waals surface area contributed by atoms with Gasteiger partial charge in [-0.05, 0) is 30.3 Å². The fraction of sp³-hybridized carbons (Fsp3) is 0.278. The van der Waals surface area contributed by atoms with Gasteiger partial charge in [-0.15, -0.1) is 0 Å². The van der Waals surface area contributed by atoms with E-state index in [4.69, 9.17) is 23.2 Å². The molecule has 1 fully saturated rings. The molecular formula is C18H19Cl2N3O3S. The van der Waals surface area contributed by atoms with Crippen LogP contribution in [0.1, 0.15) is 0 Å². The van der Waals surface area contributed by atoms with E-state index in [1.165, 1.54) is 4.31 Å². The highest BCUT2D eigenvalue weighted by atomic mass is 35.5. The minimum Gasteiger partial charge on any atom is -0.324 e. The fourth-order valence-electron chi connectivity index (χ4n) is 2.85. The van der Waals surface area contributed by atoms with Crippen LogP contribution in [0.2, 0.25) is 10.0 Å². The second-order valence-corrected chi connectivity index (χ2v) is 8.95. The number of benzene rings is 2. The number of carbonyl (C=O) groups is 1. The molecule has 3 rings (SSSR count). The first-order valence-electron chi connectivity index (χ1n) is 8.39. The van der Waals surface area contributed by atoms with E-state index >= 15 is 0 Å². The summed E-state index contributed by atoms with van der Waals surface area (Å²) in [4.78, 5) is 14.4. The molecule has 27 heavy (non-hydrogen) atoms. The third kappa shape index (κ3) is 5.00. The standard InChI is InChI=1S/C18H19Cl2N3O3S/c19-14-6-7-17(16(20)12-14)21-18(24)13-22-8-10-23(11-9-22)27(25,26)15-4-2-1-3-5-15/h1-7,12H,8-11,13H2,(H,21,24). The molecule has 0 bridgehead atoms. The highest BCUT2D eigenvalue weighted by molar-refractivity contribution is 7.89. The van der Waals surface area contributed by atoms with Crippen LogP contribution < -0.4 is 5.32 Å². The van der Waals surface area contributed by atoms with Crippen molar-refractivity contribution in [3.05, 3.63) is 58.6 Å². The van der Waals surface area contributed by atoms with Crippen LogP contribution in [-0.2, 0) is 14.8 Å². The molecule has 1 aliphatic heterocycles. The lowest BCUT2D eigenvalue weighted by Crippen LogP contribution is -2.50. The Morgan fingerprint density at radius 2 is 1.67 bits per heavy atom. The van der Waals surface area contributed by atoms with Crippen molar-refractivity contribution in [1.82, 2.24) is 9.21 Å². The lowest BCUT2D eigenvalue weighted by atomic mass is 10.3. The molecule has 144 valence electrons. The van der Waals surface area contributed by atoms with Gasteiger partial charge in [0.25, 0.3) is 0 Å². The number of hydrogen-bond donors (Lipinski definition) is 1. The van der Waals surface area contributed by atoms with Gasteiger partial charge in [0, 0.05) is 31.2 Å². The predicted octanol–water partition coefficient (Wildman–Crippen LogP) is 2.94. The molecule has 6 nitrogen and oxygen atoms in total. The Balaban J connectivity index is 1.54. The first-order chi connectivity index (χ1) is 12.9. The predicted molar refractivity (Wildman–Crippen MR) is 107 cm³/mol. The summed E-state index contributed by atoms with van der Waals surface area (Å²) in [6.45, 7) is 1.80. The number of halogens is 2. The molecule has 1 N–H and O–H groups in total. The van der Waals surface area contributed by atoms with E-state index in [2.05, 4.69) is 5.32 Å². The van der Waals surface area contributed by atoms with E-state index < -0.39 is 10.0 Å². The molecule has 2 aromatic carbocycles. The topological polar surface area (TPSA) is 69.7 Å². The number of nitrogens with one attached hydrogen (secondary N) is 1. The summed E-state index contributed by atoms with van der Waals surface area (Å²) in [5.74, 6) is -0.210. The van der Waals surface area contributed by atoms with Crippen molar-refractivity contribution in [1.29, 1.82) is 0 Å². The lowest BCUT2D eigenvalue weighted by Gasteiger charge is -2.33. The molecule has 0 saturated carbocycles. The van der Waals surface area contributed by atoms with Gasteiger partial charge in [0.2, 0.25) is 15.9 Å². The summed E-state index contributed by atoms with van der Waals surface area (Å²) in [5, 5.41) is 3.61. The second-order valence-electron chi connectivity index (χ2n) is 6.17. The van der Waals surface area contributed by atoms with Crippen LogP contribution in [-0.4, -0.2) is 56.3 Å². The summed E-state index contributed by atoms with van der Waals surface area (Å²) in [7, 11) is -3.50. The van der Waals surface area contributed by atoms with Crippen LogP contribution in [0.4, 0.5) is 5.69 Å². The highest BCUT2D eigenvalue weighted by Gasteiger charge is 2.28. The van der Waals surface area contributed by atoms with Crippen LogP contribution in [0.3, 0.4) is 0 Å². The van der Waals surface area contributed by atoms with Crippen molar-refractivity contribution < 1.29 is 13.2 Å². The van der Waals surface area contributed by atoms with Crippen molar-refractivity contribution in [3.63, 3.8) is 0 Å². The molecule has 1 amide bonds. The van der Waals surface area contributed by atoms with Crippen LogP contribution in [0.5, 0.6) is 0 Å². The third-order valence-electron chi connectivity index (χ3n) is 4.28. The molecule has 0 unspecified atom stereocenters. The lowest BCUT2D eigenvalue weighted by molar-refractivity contribution is -0.117. The Bertz CT molecular complexity index is 915. The van der Waals surface area contributed by atoms with Gasteiger partial charge < -0.3 is 5.32 Å². The van der Waals surface area contributed by atoms with Crippen LogP contribution in [0.15, 0.2) is 53.4 Å². The number of piperazine rings is 1. The number of hydrogen-bond acceptors (Lipinski definition) is 4. The molecular weight excluding hydrogens is 409 g/mol. The number of sulfonamides is 1. The number of carbonyl (C=O) groups excluding carboxylic acids is 1. The molecule has 2 aromatic rings. The maximum Gasteiger partial charge on any atom is 0.243 e. The Hall–Kier alpha value is -1.64. The molecule has 9 heteroatoms. The fourth-order valence-corrected chi connectivity index (χ4v) is 4.75. The zero-order valence-electron chi connectivity index (χ0n) is 14.4. The molecule has 0 atom stereocenters. The molecule has 0 aromatic heterocycles. The first kappa shape index (κ1) is 20.1. The first-order valence-corrected chi connectivity index (χ1v) is 10.6. The van der Waals surface area contributed by atoms with Gasteiger partial charge in [-0.25, -0.2) is 8.42 Å². The van der Waals surface area contributed by atoms with Gasteiger partial charge >= 0.3 is 0 Å². The average molecular weight is 428 g/mol. The molecule has 0 aliphatic carbocycles. The molecule has 0 spiro atoms. The number of anilines is 1. The minimum atomic E-state index is -3.50. The van der Waals surface area contributed by atoms with E-state index in [1.807, 2.05) is 4.90 Å². The SMILES string of the molecule is O=C(CN1CCN(S(=O)(=O)c2ccccc2)CC1)Nc1ccc(Cl)cc1Cl. The number of nitrogens with zero attached hydrogens (tertiary/aromatic N) is 2. The van der Waals surface area contributed by atoms with Gasteiger partial charge in [-0.1, -0.05) is 41.4 Å². The van der Waals surface area contributed by atoms with Crippen LogP contribution in [0, 0.1) is 0 Å². The summed E-state index contributed by atoms with van der Waals surface area (Å²) >= 11 is 11.9. The Morgan fingerprint density at radius 1 is 1.00 bits per heavy atom. The van der Waals surface area contributed by atoms with Crippen molar-refractivity contribution in [3.8, 4) is 0 Å². The Kier molecular flexibility index (Phi) is 6.39. The van der Waals surface area contributed by atoms with Crippen molar-refractivity contribution in [2.45, 2.75) is 4.90 Å². The largest absolute Gasteiger partial charge is 0.324 e. The van der Waals surface area contributed by atoms with Crippen molar-refractivity contribution in [2.75, 3.05) is 38.0 Å². The number of amides is 1. The quantitative estimate of drug-likeness (QED) is 0.795. The highest BCUT2D eigenvalue weighted by Crippen LogP contribution is 2.25. The summed E-state index contributed by atoms with van der Waals surface area (Å²) in [6, 6.07) is 13.2. The van der Waals surface area contributed by atoms with Gasteiger partial charge in [-0.2, -0.15) is 4.31 Å². The Labute approximate surface area is 168 Å². The van der Waals surface area contributed by atoms with Crippen molar-refractivity contribution in [2.24, 2.45) is 0 Å². The van der Waals surface area contributed by atoms with Gasteiger partial charge in [0.15, 0.2) is 0 Å². The normalized spacial score (nSPS) is 16.2. The third-order valence-corrected chi connectivity index (χ3v) is 6.75. The average Bonchev–Trinajstić information content (AvgIpc) is 2.65. The number of rotatable bonds is 5. The van der Waals surface area contributed by atoms with Gasteiger partial charge in [0.1, 0.15) is 0 Å². The molecule has 1 aliphatic rings. The zero-order chi connectivity index (χ0) is 19.4. The molecule has 1 heterocycles. The van der Waals surface area contributed by atoms with Gasteiger partial charge in [0.05, 0.1) is 22.2 Å². The maximum absolute atomic E-state index is 12.6. The van der Waals surface area contributed by atoms with Gasteiger partial charge in [-0.3, -0.25) is 9.69 Å². The minimum absolute atomic E-state index is 0.165. The van der Waals surface area contributed by atoms with Crippen molar-refractivity contribution >= 4 is 44.8 Å². The maximum atomic E-state index is 12.6. The van der Waals surface area contributed by atoms with E-state index in [0.29, 0.717) is 41.9 Å². The van der Waals surface area contributed by atoms with E-state index in [9.17, 15) is 13.2 Å².